The highest BCUT2D eigenvalue weighted by atomic mass is 32.3. The number of carbonyl (C=O) groups excluding carboxylic acids is 2. The molecule has 35 heavy (non-hydrogen) atoms. The summed E-state index contributed by atoms with van der Waals surface area (Å²) < 4.78 is 55.7. The number of Topliss-reactive ketones (excluding diaryl/α,β-unsaturated/α-hetero) is 1. The van der Waals surface area contributed by atoms with E-state index in [0.29, 0.717) is 25.0 Å². The first-order chi connectivity index (χ1) is 16.6. The van der Waals surface area contributed by atoms with Crippen LogP contribution in [0.2, 0.25) is 0 Å². The van der Waals surface area contributed by atoms with Gasteiger partial charge >= 0.3 is 0 Å². The monoisotopic (exact) mass is 552 g/mol. The number of thiophene rings is 2. The fraction of sp³-hybridized carbons (Fsp3) is 0.190. The zero-order chi connectivity index (χ0) is 25.1. The topological polar surface area (TPSA) is 151 Å². The summed E-state index contributed by atoms with van der Waals surface area (Å²) >= 11 is 2.02. The summed E-state index contributed by atoms with van der Waals surface area (Å²) in [6, 6.07) is 9.83. The number of anilines is 2. The zero-order valence-electron chi connectivity index (χ0n) is 18.1. The first-order valence-corrected chi connectivity index (χ1v) is 15.0. The molecule has 0 spiro atoms. The lowest BCUT2D eigenvalue weighted by Gasteiger charge is -2.14. The van der Waals surface area contributed by atoms with E-state index < -0.39 is 26.0 Å². The molecule has 1 aliphatic rings. The Morgan fingerprint density at radius 2 is 1.43 bits per heavy atom. The van der Waals surface area contributed by atoms with Crippen LogP contribution in [0.3, 0.4) is 0 Å². The number of rotatable bonds is 8. The fourth-order valence-corrected chi connectivity index (χ4v) is 7.37. The Morgan fingerprint density at radius 1 is 0.857 bits per heavy atom. The number of nitrogens with one attached hydrogen (secondary N) is 3. The lowest BCUT2D eigenvalue weighted by atomic mass is 9.97. The van der Waals surface area contributed by atoms with Crippen LogP contribution in [0, 0.1) is 0 Å². The van der Waals surface area contributed by atoms with Gasteiger partial charge in [-0.2, -0.15) is 5.10 Å². The van der Waals surface area contributed by atoms with E-state index >= 15 is 0 Å². The quantitative estimate of drug-likeness (QED) is 0.363. The molecule has 0 saturated heterocycles. The molecule has 3 N–H and O–H groups in total. The Labute approximate surface area is 210 Å². The molecule has 1 fully saturated rings. The van der Waals surface area contributed by atoms with Crippen LogP contribution in [0.15, 0.2) is 66.7 Å². The number of hydrazone groups is 1. The zero-order valence-corrected chi connectivity index (χ0v) is 21.3. The van der Waals surface area contributed by atoms with Gasteiger partial charge in [-0.1, -0.05) is 12.1 Å². The number of ketones is 1. The molecule has 1 amide bonds. The van der Waals surface area contributed by atoms with Gasteiger partial charge in [-0.15, -0.1) is 22.7 Å². The van der Waals surface area contributed by atoms with Crippen LogP contribution in [0.4, 0.5) is 11.4 Å². The molecule has 2 heterocycles. The molecule has 4 rings (SSSR count). The second kappa shape index (κ2) is 10.3. The third kappa shape index (κ3) is 6.33. The minimum absolute atomic E-state index is 0.0181. The highest BCUT2D eigenvalue weighted by Gasteiger charge is 2.21. The molecule has 2 aromatic heterocycles. The van der Waals surface area contributed by atoms with Gasteiger partial charge in [0, 0.05) is 24.1 Å². The maximum absolute atomic E-state index is 12.8. The summed E-state index contributed by atoms with van der Waals surface area (Å²) in [5, 5.41) is 7.23. The van der Waals surface area contributed by atoms with Crippen molar-refractivity contribution in [3.8, 4) is 0 Å². The molecule has 1 saturated carbocycles. The Hall–Kier alpha value is -3.07. The molecular weight excluding hydrogens is 533 g/mol. The van der Waals surface area contributed by atoms with Gasteiger partial charge in [0.15, 0.2) is 0 Å². The first kappa shape index (κ1) is 25.0. The summed E-state index contributed by atoms with van der Waals surface area (Å²) in [5.74, 6) is -0.649. The van der Waals surface area contributed by atoms with E-state index in [2.05, 4.69) is 20.0 Å². The van der Waals surface area contributed by atoms with Crippen molar-refractivity contribution in [1.29, 1.82) is 0 Å². The standard InChI is InChI=1S/C21H20N4O6S4/c26-18-5-1-4-15(13-18)22-23-21(27)14-10-16(24-34(28,29)19-6-2-8-32-19)12-17(11-14)25-35(30,31)20-7-3-9-33-20/h2-3,6-12,24-25H,1,4-5,13H2,(H,23,27)/b22-15+. The minimum atomic E-state index is -3.96. The van der Waals surface area contributed by atoms with Gasteiger partial charge in [-0.25, -0.2) is 22.3 Å². The normalized spacial score (nSPS) is 15.7. The van der Waals surface area contributed by atoms with Crippen molar-refractivity contribution in [2.75, 3.05) is 9.44 Å². The van der Waals surface area contributed by atoms with Crippen molar-refractivity contribution in [2.45, 2.75) is 34.1 Å². The Bertz CT molecular complexity index is 1390. The molecule has 0 bridgehead atoms. The van der Waals surface area contributed by atoms with E-state index in [1.54, 1.807) is 22.9 Å². The highest BCUT2D eigenvalue weighted by molar-refractivity contribution is 7.95. The van der Waals surface area contributed by atoms with Gasteiger partial charge in [-0.05, 0) is 53.9 Å². The molecule has 0 unspecified atom stereocenters. The van der Waals surface area contributed by atoms with Gasteiger partial charge in [0.05, 0.1) is 11.4 Å². The molecule has 0 radical (unpaired) electrons. The molecule has 184 valence electrons. The van der Waals surface area contributed by atoms with Crippen molar-refractivity contribution in [3.63, 3.8) is 0 Å². The highest BCUT2D eigenvalue weighted by Crippen LogP contribution is 2.27. The minimum Gasteiger partial charge on any atom is -0.299 e. The largest absolute Gasteiger partial charge is 0.299 e. The van der Waals surface area contributed by atoms with Crippen LogP contribution >= 0.6 is 22.7 Å². The lowest BCUT2D eigenvalue weighted by Crippen LogP contribution is -2.23. The number of sulfonamides is 2. The molecule has 1 aliphatic carbocycles. The predicted octanol–water partition coefficient (Wildman–Crippen LogP) is 3.64. The lowest BCUT2D eigenvalue weighted by molar-refractivity contribution is -0.118. The molecule has 10 nitrogen and oxygen atoms in total. The van der Waals surface area contributed by atoms with E-state index in [9.17, 15) is 26.4 Å². The van der Waals surface area contributed by atoms with Gasteiger partial charge < -0.3 is 0 Å². The third-order valence-corrected chi connectivity index (χ3v) is 10.4. The van der Waals surface area contributed by atoms with Crippen LogP contribution in [-0.4, -0.2) is 34.2 Å². The van der Waals surface area contributed by atoms with Crippen LogP contribution in [0.5, 0.6) is 0 Å². The summed E-state index contributed by atoms with van der Waals surface area (Å²) in [6.07, 6.45) is 1.88. The summed E-state index contributed by atoms with van der Waals surface area (Å²) in [5.41, 5.74) is 2.84. The summed E-state index contributed by atoms with van der Waals surface area (Å²) in [6.45, 7) is 0. The number of benzene rings is 1. The van der Waals surface area contributed by atoms with E-state index in [-0.39, 0.29) is 37.6 Å². The average Bonchev–Trinajstić information content (AvgIpc) is 3.52. The summed E-state index contributed by atoms with van der Waals surface area (Å²) in [4.78, 5) is 24.4. The molecule has 0 atom stereocenters. The SMILES string of the molecule is O=C1CCC/C(=N\NC(=O)c2cc(NS(=O)(=O)c3cccs3)cc(NS(=O)(=O)c3cccs3)c2)C1. The number of nitrogens with zero attached hydrogens (tertiary/aromatic N) is 1. The van der Waals surface area contributed by atoms with Gasteiger partial charge in [-0.3, -0.25) is 19.0 Å². The van der Waals surface area contributed by atoms with Gasteiger partial charge in [0.1, 0.15) is 14.2 Å². The number of carbonyl (C=O) groups is 2. The van der Waals surface area contributed by atoms with E-state index in [4.69, 9.17) is 0 Å². The predicted molar refractivity (Wildman–Crippen MR) is 135 cm³/mol. The molecule has 0 aliphatic heterocycles. The smallest absolute Gasteiger partial charge is 0.271 e. The van der Waals surface area contributed by atoms with Crippen molar-refractivity contribution in [1.82, 2.24) is 5.43 Å². The maximum atomic E-state index is 12.8. The van der Waals surface area contributed by atoms with Crippen molar-refractivity contribution < 1.29 is 26.4 Å². The van der Waals surface area contributed by atoms with Crippen molar-refractivity contribution in [3.05, 3.63) is 58.8 Å². The number of hydrogen-bond acceptors (Lipinski definition) is 9. The Morgan fingerprint density at radius 3 is 1.91 bits per heavy atom. The van der Waals surface area contributed by atoms with Crippen LogP contribution in [0.25, 0.3) is 0 Å². The second-order valence-corrected chi connectivity index (χ2v) is 13.3. The molecular formula is C21H20N4O6S4. The number of amides is 1. The number of hydrogen-bond donors (Lipinski definition) is 3. The van der Waals surface area contributed by atoms with Crippen molar-refractivity contribution in [2.24, 2.45) is 5.10 Å². The fourth-order valence-electron chi connectivity index (χ4n) is 3.30. The van der Waals surface area contributed by atoms with E-state index in [0.717, 1.165) is 22.7 Å². The van der Waals surface area contributed by atoms with Crippen LogP contribution in [0.1, 0.15) is 36.0 Å². The van der Waals surface area contributed by atoms with E-state index in [1.807, 2.05) is 0 Å². The third-order valence-electron chi connectivity index (χ3n) is 4.86. The van der Waals surface area contributed by atoms with Crippen LogP contribution < -0.4 is 14.9 Å². The first-order valence-electron chi connectivity index (χ1n) is 10.3. The Balaban J connectivity index is 1.64. The van der Waals surface area contributed by atoms with E-state index in [1.165, 1.54) is 30.3 Å². The van der Waals surface area contributed by atoms with Gasteiger partial charge in [0.2, 0.25) is 0 Å². The Kier molecular flexibility index (Phi) is 7.35. The molecule has 14 heteroatoms. The van der Waals surface area contributed by atoms with Crippen molar-refractivity contribution >= 4 is 71.5 Å². The van der Waals surface area contributed by atoms with Crippen LogP contribution in [-0.2, 0) is 24.8 Å². The molecule has 3 aromatic rings. The molecule has 1 aromatic carbocycles. The maximum Gasteiger partial charge on any atom is 0.271 e. The summed E-state index contributed by atoms with van der Waals surface area (Å²) in [7, 11) is -7.91. The second-order valence-electron chi connectivity index (χ2n) is 7.56. The van der Waals surface area contributed by atoms with Gasteiger partial charge in [0.25, 0.3) is 26.0 Å². The average molecular weight is 553 g/mol.